The predicted octanol–water partition coefficient (Wildman–Crippen LogP) is 3.66. The molecule has 0 saturated carbocycles. The lowest BCUT2D eigenvalue weighted by Crippen LogP contribution is -2.17. The number of aromatic hydroxyl groups is 1. The van der Waals surface area contributed by atoms with Crippen molar-refractivity contribution in [2.75, 3.05) is 12.4 Å². The molecule has 0 aliphatic carbocycles. The monoisotopic (exact) mass is 375 g/mol. The van der Waals surface area contributed by atoms with Gasteiger partial charge in [0.05, 0.1) is 23.9 Å². The Bertz CT molecular complexity index is 1040. The van der Waals surface area contributed by atoms with Gasteiger partial charge in [0.25, 0.3) is 5.91 Å². The molecule has 0 aromatic heterocycles. The number of phenols is 1. The maximum Gasteiger partial charge on any atom is 0.337 e. The highest BCUT2D eigenvalue weighted by molar-refractivity contribution is 6.17. The molecule has 0 aliphatic rings. The number of esters is 1. The second-order valence-corrected chi connectivity index (χ2v) is 5.92. The van der Waals surface area contributed by atoms with Gasteiger partial charge in [-0.2, -0.15) is 0 Å². The smallest absolute Gasteiger partial charge is 0.337 e. The second kappa shape index (κ2) is 8.18. The molecule has 28 heavy (non-hydrogen) atoms. The zero-order valence-corrected chi connectivity index (χ0v) is 15.0. The maximum atomic E-state index is 12.8. The first kappa shape index (κ1) is 18.8. The van der Waals surface area contributed by atoms with Crippen LogP contribution in [0.5, 0.6) is 5.75 Å². The number of amides is 1. The third-order valence-corrected chi connectivity index (χ3v) is 4.12. The Hall–Kier alpha value is -3.93. The van der Waals surface area contributed by atoms with E-state index in [2.05, 4.69) is 10.1 Å². The van der Waals surface area contributed by atoms with Crippen LogP contribution in [0.4, 0.5) is 5.69 Å². The van der Waals surface area contributed by atoms with Crippen molar-refractivity contribution in [3.05, 3.63) is 95.1 Å². The van der Waals surface area contributed by atoms with Gasteiger partial charge in [-0.3, -0.25) is 9.59 Å². The fourth-order valence-electron chi connectivity index (χ4n) is 2.70. The molecule has 0 spiro atoms. The number of rotatable bonds is 5. The van der Waals surface area contributed by atoms with Gasteiger partial charge in [0, 0.05) is 11.1 Å². The highest BCUT2D eigenvalue weighted by atomic mass is 16.5. The normalized spacial score (nSPS) is 10.2. The van der Waals surface area contributed by atoms with Crippen molar-refractivity contribution in [3.8, 4) is 5.75 Å². The molecule has 3 rings (SSSR count). The van der Waals surface area contributed by atoms with Gasteiger partial charge in [0.1, 0.15) is 5.75 Å². The van der Waals surface area contributed by atoms with E-state index >= 15 is 0 Å². The number of methoxy groups -OCH3 is 1. The second-order valence-electron chi connectivity index (χ2n) is 5.92. The minimum atomic E-state index is -0.605. The first-order valence-electron chi connectivity index (χ1n) is 8.42. The molecular formula is C22H17NO5. The molecule has 3 aromatic carbocycles. The average Bonchev–Trinajstić information content (AvgIpc) is 2.74. The minimum Gasteiger partial charge on any atom is -0.506 e. The standard InChI is InChI=1S/C22H17NO5/c1-28-22(27)15-11-12-18(19(24)13-15)23-21(26)17-10-6-5-9-16(17)20(25)14-7-3-2-4-8-14/h2-13,24H,1H3,(H,23,26). The molecule has 140 valence electrons. The number of hydrogen-bond acceptors (Lipinski definition) is 5. The Kier molecular flexibility index (Phi) is 5.50. The van der Waals surface area contributed by atoms with Crippen LogP contribution in [0.25, 0.3) is 0 Å². The Labute approximate surface area is 161 Å². The number of hydrogen-bond donors (Lipinski definition) is 2. The van der Waals surface area contributed by atoms with Gasteiger partial charge in [-0.1, -0.05) is 48.5 Å². The van der Waals surface area contributed by atoms with Crippen molar-refractivity contribution >= 4 is 23.3 Å². The molecule has 0 bridgehead atoms. The summed E-state index contributed by atoms with van der Waals surface area (Å²) in [6.07, 6.45) is 0. The van der Waals surface area contributed by atoms with E-state index in [4.69, 9.17) is 0 Å². The van der Waals surface area contributed by atoms with Crippen LogP contribution < -0.4 is 5.32 Å². The van der Waals surface area contributed by atoms with E-state index in [1.54, 1.807) is 48.5 Å². The maximum absolute atomic E-state index is 12.8. The van der Waals surface area contributed by atoms with Crippen molar-refractivity contribution < 1.29 is 24.2 Å². The van der Waals surface area contributed by atoms with E-state index in [0.717, 1.165) is 0 Å². The van der Waals surface area contributed by atoms with E-state index < -0.39 is 11.9 Å². The van der Waals surface area contributed by atoms with Crippen LogP contribution in [-0.4, -0.2) is 29.9 Å². The van der Waals surface area contributed by atoms with Crippen molar-refractivity contribution in [2.24, 2.45) is 0 Å². The van der Waals surface area contributed by atoms with Gasteiger partial charge in [0.2, 0.25) is 0 Å². The lowest BCUT2D eigenvalue weighted by molar-refractivity contribution is 0.0600. The Balaban J connectivity index is 1.88. The minimum absolute atomic E-state index is 0.111. The van der Waals surface area contributed by atoms with Gasteiger partial charge in [-0.15, -0.1) is 0 Å². The van der Waals surface area contributed by atoms with E-state index in [9.17, 15) is 19.5 Å². The zero-order chi connectivity index (χ0) is 20.1. The fourth-order valence-corrected chi connectivity index (χ4v) is 2.70. The summed E-state index contributed by atoms with van der Waals surface area (Å²) in [4.78, 5) is 37.0. The SMILES string of the molecule is COC(=O)c1ccc(NC(=O)c2ccccc2C(=O)c2ccccc2)c(O)c1. The first-order valence-corrected chi connectivity index (χ1v) is 8.42. The van der Waals surface area contributed by atoms with Gasteiger partial charge in [-0.05, 0) is 24.3 Å². The van der Waals surface area contributed by atoms with Crippen LogP contribution in [0.3, 0.4) is 0 Å². The third kappa shape index (κ3) is 3.91. The Morgan fingerprint density at radius 3 is 2.11 bits per heavy atom. The first-order chi connectivity index (χ1) is 13.5. The van der Waals surface area contributed by atoms with Crippen molar-refractivity contribution in [2.45, 2.75) is 0 Å². The molecule has 6 nitrogen and oxygen atoms in total. The number of nitrogens with one attached hydrogen (secondary N) is 1. The molecule has 0 atom stereocenters. The molecule has 0 unspecified atom stereocenters. The summed E-state index contributed by atoms with van der Waals surface area (Å²) >= 11 is 0. The average molecular weight is 375 g/mol. The highest BCUT2D eigenvalue weighted by Gasteiger charge is 2.19. The van der Waals surface area contributed by atoms with E-state index in [1.807, 2.05) is 0 Å². The van der Waals surface area contributed by atoms with Crippen LogP contribution in [0.15, 0.2) is 72.8 Å². The van der Waals surface area contributed by atoms with Crippen LogP contribution in [0, 0.1) is 0 Å². The van der Waals surface area contributed by atoms with E-state index in [0.29, 0.717) is 5.56 Å². The van der Waals surface area contributed by atoms with E-state index in [1.165, 1.54) is 31.4 Å². The number of ether oxygens (including phenoxy) is 1. The van der Waals surface area contributed by atoms with Gasteiger partial charge in [-0.25, -0.2) is 4.79 Å². The number of anilines is 1. The highest BCUT2D eigenvalue weighted by Crippen LogP contribution is 2.26. The molecule has 1 amide bonds. The Morgan fingerprint density at radius 2 is 1.46 bits per heavy atom. The van der Waals surface area contributed by atoms with Gasteiger partial charge in [0.15, 0.2) is 5.78 Å². The molecule has 0 heterocycles. The topological polar surface area (TPSA) is 92.7 Å². The van der Waals surface area contributed by atoms with Gasteiger partial charge < -0.3 is 15.2 Å². The predicted molar refractivity (Wildman–Crippen MR) is 104 cm³/mol. The number of carbonyl (C=O) groups excluding carboxylic acids is 3. The molecular weight excluding hydrogens is 358 g/mol. The van der Waals surface area contributed by atoms with Crippen LogP contribution in [-0.2, 0) is 4.74 Å². The van der Waals surface area contributed by atoms with Crippen molar-refractivity contribution in [1.82, 2.24) is 0 Å². The molecule has 0 saturated heterocycles. The summed E-state index contributed by atoms with van der Waals surface area (Å²) in [5.74, 6) is -1.73. The number of phenolic OH excluding ortho intramolecular Hbond substituents is 1. The molecule has 3 aromatic rings. The summed E-state index contributed by atoms with van der Waals surface area (Å²) in [5, 5.41) is 12.7. The van der Waals surface area contributed by atoms with Crippen LogP contribution in [0.1, 0.15) is 36.6 Å². The lowest BCUT2D eigenvalue weighted by Gasteiger charge is -2.11. The summed E-state index contributed by atoms with van der Waals surface area (Å²) in [7, 11) is 1.23. The molecule has 0 radical (unpaired) electrons. The lowest BCUT2D eigenvalue weighted by atomic mass is 9.98. The summed E-state index contributed by atoms with van der Waals surface area (Å²) in [5.41, 5.74) is 1.15. The molecule has 6 heteroatoms. The van der Waals surface area contributed by atoms with Crippen LogP contribution in [0.2, 0.25) is 0 Å². The number of ketones is 1. The Morgan fingerprint density at radius 1 is 0.821 bits per heavy atom. The largest absolute Gasteiger partial charge is 0.506 e. The van der Waals surface area contributed by atoms with Crippen molar-refractivity contribution in [1.29, 1.82) is 0 Å². The summed E-state index contributed by atoms with van der Waals surface area (Å²) in [6.45, 7) is 0. The fraction of sp³-hybridized carbons (Fsp3) is 0.0455. The van der Waals surface area contributed by atoms with Crippen LogP contribution >= 0.6 is 0 Å². The third-order valence-electron chi connectivity index (χ3n) is 4.12. The summed E-state index contributed by atoms with van der Waals surface area (Å²) in [6, 6.07) is 19.1. The molecule has 0 aliphatic heterocycles. The molecule has 2 N–H and O–H groups in total. The zero-order valence-electron chi connectivity index (χ0n) is 15.0. The van der Waals surface area contributed by atoms with E-state index in [-0.39, 0.29) is 33.9 Å². The van der Waals surface area contributed by atoms with Crippen molar-refractivity contribution in [3.63, 3.8) is 0 Å². The molecule has 0 fully saturated rings. The summed E-state index contributed by atoms with van der Waals surface area (Å²) < 4.78 is 4.59. The quantitative estimate of drug-likeness (QED) is 0.403. The number of carbonyl (C=O) groups is 3. The van der Waals surface area contributed by atoms with Gasteiger partial charge >= 0.3 is 5.97 Å². The number of benzene rings is 3.